The summed E-state index contributed by atoms with van der Waals surface area (Å²) in [6, 6.07) is 18.2. The maximum absolute atomic E-state index is 5.98. The molecule has 0 saturated heterocycles. The van der Waals surface area contributed by atoms with Crippen LogP contribution in [0.4, 0.5) is 0 Å². The van der Waals surface area contributed by atoms with Gasteiger partial charge in [-0.05, 0) is 36.1 Å². The van der Waals surface area contributed by atoms with Gasteiger partial charge in [0.15, 0.2) is 0 Å². The minimum absolute atomic E-state index is 0.117. The zero-order chi connectivity index (χ0) is 14.3. The Balaban J connectivity index is 1.48. The first kappa shape index (κ1) is 12.8. The average Bonchev–Trinajstić information content (AvgIpc) is 3.23. The molecular formula is C18H16O2S. The molecule has 0 aromatic heterocycles. The van der Waals surface area contributed by atoms with E-state index in [1.165, 1.54) is 24.0 Å². The van der Waals surface area contributed by atoms with Crippen LogP contribution in [-0.4, -0.2) is 11.3 Å². The van der Waals surface area contributed by atoms with Crippen LogP contribution in [0, 0.1) is 0 Å². The first-order valence-electron chi connectivity index (χ1n) is 7.30. The smallest absolute Gasteiger partial charge is 0.358 e. The lowest BCUT2D eigenvalue weighted by molar-refractivity contribution is 0.131. The fourth-order valence-corrected chi connectivity index (χ4v) is 3.57. The average molecular weight is 296 g/mol. The first-order valence-corrected chi connectivity index (χ1v) is 7.71. The predicted octanol–water partition coefficient (Wildman–Crippen LogP) is 4.02. The van der Waals surface area contributed by atoms with Crippen LogP contribution >= 0.6 is 12.2 Å². The Bertz CT molecular complexity index is 677. The van der Waals surface area contributed by atoms with Gasteiger partial charge in [-0.2, -0.15) is 0 Å². The minimum atomic E-state index is 0.117. The van der Waals surface area contributed by atoms with E-state index < -0.39 is 0 Å². The molecule has 2 aliphatic carbocycles. The normalized spacial score (nSPS) is 20.9. The Labute approximate surface area is 129 Å². The Kier molecular flexibility index (Phi) is 2.96. The molecule has 1 spiro atoms. The Morgan fingerprint density at radius 1 is 1.00 bits per heavy atom. The second kappa shape index (κ2) is 4.85. The van der Waals surface area contributed by atoms with Crippen LogP contribution in [0.5, 0.6) is 5.75 Å². The second-order valence-electron chi connectivity index (χ2n) is 5.79. The molecule has 2 aliphatic rings. The van der Waals surface area contributed by atoms with Crippen LogP contribution in [0.15, 0.2) is 54.6 Å². The number of thiocarbonyl (C=S) groups is 1. The van der Waals surface area contributed by atoms with Gasteiger partial charge in [0.1, 0.15) is 11.9 Å². The summed E-state index contributed by atoms with van der Waals surface area (Å²) in [5.74, 6) is 0.725. The number of para-hydroxylation sites is 1. The van der Waals surface area contributed by atoms with Crippen molar-refractivity contribution >= 4 is 17.5 Å². The SMILES string of the molecule is S=C(Oc1ccccc1)OC1Cc2ccccc2C12CC2. The summed E-state index contributed by atoms with van der Waals surface area (Å²) in [5.41, 5.74) is 3.01. The Hall–Kier alpha value is -1.87. The van der Waals surface area contributed by atoms with Crippen molar-refractivity contribution in [3.63, 3.8) is 0 Å². The van der Waals surface area contributed by atoms with Gasteiger partial charge in [0.05, 0.1) is 0 Å². The number of ether oxygens (including phenoxy) is 2. The predicted molar refractivity (Wildman–Crippen MR) is 85.6 cm³/mol. The third-order valence-electron chi connectivity index (χ3n) is 4.55. The molecule has 2 nitrogen and oxygen atoms in total. The molecule has 0 N–H and O–H groups in total. The lowest BCUT2D eigenvalue weighted by Crippen LogP contribution is -2.29. The zero-order valence-electron chi connectivity index (χ0n) is 11.6. The molecule has 106 valence electrons. The third kappa shape index (κ3) is 2.22. The summed E-state index contributed by atoms with van der Waals surface area (Å²) in [4.78, 5) is 0. The molecule has 2 aromatic rings. The molecule has 2 aromatic carbocycles. The molecule has 1 unspecified atom stereocenters. The second-order valence-corrected chi connectivity index (χ2v) is 6.12. The van der Waals surface area contributed by atoms with E-state index in [2.05, 4.69) is 24.3 Å². The molecule has 4 rings (SSSR count). The molecule has 1 saturated carbocycles. The van der Waals surface area contributed by atoms with Crippen molar-refractivity contribution in [1.29, 1.82) is 0 Å². The van der Waals surface area contributed by atoms with Crippen LogP contribution in [0.3, 0.4) is 0 Å². The van der Waals surface area contributed by atoms with Crippen LogP contribution in [0.25, 0.3) is 0 Å². The van der Waals surface area contributed by atoms with Crippen LogP contribution in [0.2, 0.25) is 0 Å². The van der Waals surface area contributed by atoms with E-state index in [0.29, 0.717) is 0 Å². The molecular weight excluding hydrogens is 280 g/mol. The molecule has 21 heavy (non-hydrogen) atoms. The molecule has 0 bridgehead atoms. The van der Waals surface area contributed by atoms with Crippen molar-refractivity contribution < 1.29 is 9.47 Å². The Morgan fingerprint density at radius 3 is 2.48 bits per heavy atom. The number of hydrogen-bond donors (Lipinski definition) is 0. The standard InChI is InChI=1S/C18H16O2S/c21-17(19-14-7-2-1-3-8-14)20-16-12-13-6-4-5-9-15(13)18(16)10-11-18/h1-9,16H,10-12H2. The molecule has 0 radical (unpaired) electrons. The highest BCUT2D eigenvalue weighted by Crippen LogP contribution is 2.57. The summed E-state index contributed by atoms with van der Waals surface area (Å²) in [6.07, 6.45) is 3.41. The van der Waals surface area contributed by atoms with Crippen molar-refractivity contribution in [3.05, 3.63) is 65.7 Å². The summed E-state index contributed by atoms with van der Waals surface area (Å²) < 4.78 is 11.6. The zero-order valence-corrected chi connectivity index (χ0v) is 12.4. The van der Waals surface area contributed by atoms with Crippen LogP contribution < -0.4 is 4.74 Å². The number of hydrogen-bond acceptors (Lipinski definition) is 3. The minimum Gasteiger partial charge on any atom is -0.452 e. The van der Waals surface area contributed by atoms with Gasteiger partial charge in [-0.3, -0.25) is 0 Å². The van der Waals surface area contributed by atoms with Crippen LogP contribution in [-0.2, 0) is 16.6 Å². The number of fused-ring (bicyclic) bond motifs is 2. The van der Waals surface area contributed by atoms with E-state index >= 15 is 0 Å². The van der Waals surface area contributed by atoms with Gasteiger partial charge in [0.25, 0.3) is 0 Å². The van der Waals surface area contributed by atoms with Gasteiger partial charge in [-0.25, -0.2) is 0 Å². The molecule has 0 aliphatic heterocycles. The van der Waals surface area contributed by atoms with Gasteiger partial charge in [-0.15, -0.1) is 0 Å². The van der Waals surface area contributed by atoms with E-state index in [1.54, 1.807) is 0 Å². The van der Waals surface area contributed by atoms with E-state index in [4.69, 9.17) is 21.7 Å². The lowest BCUT2D eigenvalue weighted by atomic mass is 9.97. The van der Waals surface area contributed by atoms with Crippen LogP contribution in [0.1, 0.15) is 24.0 Å². The molecule has 1 fully saturated rings. The van der Waals surface area contributed by atoms with Gasteiger partial charge in [0, 0.05) is 24.1 Å². The molecule has 1 atom stereocenters. The fraction of sp³-hybridized carbons (Fsp3) is 0.278. The summed E-state index contributed by atoms with van der Waals surface area (Å²) in [6.45, 7) is 0. The van der Waals surface area contributed by atoms with Gasteiger partial charge in [0.2, 0.25) is 0 Å². The van der Waals surface area contributed by atoms with Gasteiger partial charge >= 0.3 is 5.24 Å². The van der Waals surface area contributed by atoms with Crippen molar-refractivity contribution in [2.75, 3.05) is 0 Å². The Morgan fingerprint density at radius 2 is 1.71 bits per heavy atom. The van der Waals surface area contributed by atoms with Crippen molar-refractivity contribution in [2.24, 2.45) is 0 Å². The quantitative estimate of drug-likeness (QED) is 0.780. The van der Waals surface area contributed by atoms with Crippen molar-refractivity contribution in [1.82, 2.24) is 0 Å². The summed E-state index contributed by atoms with van der Waals surface area (Å²) in [5, 5.41) is 0.227. The highest BCUT2D eigenvalue weighted by molar-refractivity contribution is 7.79. The summed E-state index contributed by atoms with van der Waals surface area (Å²) in [7, 11) is 0. The number of rotatable bonds is 2. The van der Waals surface area contributed by atoms with Crippen molar-refractivity contribution in [3.8, 4) is 5.75 Å². The first-order chi connectivity index (χ1) is 10.3. The van der Waals surface area contributed by atoms with Gasteiger partial charge < -0.3 is 9.47 Å². The molecule has 3 heteroatoms. The molecule has 0 heterocycles. The van der Waals surface area contributed by atoms with E-state index in [1.807, 2.05) is 30.3 Å². The van der Waals surface area contributed by atoms with Crippen molar-refractivity contribution in [2.45, 2.75) is 30.8 Å². The largest absolute Gasteiger partial charge is 0.452 e. The highest BCUT2D eigenvalue weighted by Gasteiger charge is 2.57. The molecule has 0 amide bonds. The number of benzene rings is 2. The van der Waals surface area contributed by atoms with E-state index in [-0.39, 0.29) is 16.8 Å². The van der Waals surface area contributed by atoms with E-state index in [0.717, 1.165) is 12.2 Å². The van der Waals surface area contributed by atoms with Gasteiger partial charge in [-0.1, -0.05) is 42.5 Å². The third-order valence-corrected chi connectivity index (χ3v) is 4.73. The maximum atomic E-state index is 5.98. The fourth-order valence-electron chi connectivity index (χ4n) is 3.36. The van der Waals surface area contributed by atoms with E-state index in [9.17, 15) is 0 Å². The maximum Gasteiger partial charge on any atom is 0.358 e. The monoisotopic (exact) mass is 296 g/mol. The topological polar surface area (TPSA) is 18.5 Å². The summed E-state index contributed by atoms with van der Waals surface area (Å²) >= 11 is 5.27. The lowest BCUT2D eigenvalue weighted by Gasteiger charge is -2.21. The highest BCUT2D eigenvalue weighted by atomic mass is 32.1.